The van der Waals surface area contributed by atoms with Crippen LogP contribution in [0.3, 0.4) is 0 Å². The van der Waals surface area contributed by atoms with Gasteiger partial charge in [-0.1, -0.05) is 0 Å². The molecule has 0 saturated carbocycles. The summed E-state index contributed by atoms with van der Waals surface area (Å²) < 4.78 is 0. The summed E-state index contributed by atoms with van der Waals surface area (Å²) in [6.07, 6.45) is 0. The lowest BCUT2D eigenvalue weighted by atomic mass is 10.1. The Balaban J connectivity index is 2.14. The standard InChI is InChI=1S/C13H26N8/c1-13(2,3)21-8-6-20(7-9-21)12-16-10(18-14)15-11(17-12)19(4)5/h6-9,14H2,1-5H3,(H,15,16,17,18). The van der Waals surface area contributed by atoms with Crippen LogP contribution in [-0.4, -0.2) is 65.7 Å². The average molecular weight is 294 g/mol. The molecule has 0 aromatic carbocycles. The number of hydrogen-bond acceptors (Lipinski definition) is 8. The zero-order chi connectivity index (χ0) is 15.6. The van der Waals surface area contributed by atoms with E-state index in [-0.39, 0.29) is 5.54 Å². The zero-order valence-electron chi connectivity index (χ0n) is 13.6. The number of piperazine rings is 1. The third kappa shape index (κ3) is 3.70. The van der Waals surface area contributed by atoms with E-state index in [2.05, 4.69) is 50.9 Å². The van der Waals surface area contributed by atoms with E-state index in [4.69, 9.17) is 5.84 Å². The summed E-state index contributed by atoms with van der Waals surface area (Å²) >= 11 is 0. The predicted molar refractivity (Wildman–Crippen MR) is 85.5 cm³/mol. The number of nitrogen functional groups attached to an aromatic ring is 1. The van der Waals surface area contributed by atoms with Crippen LogP contribution < -0.4 is 21.1 Å². The first kappa shape index (κ1) is 15.7. The Labute approximate surface area is 126 Å². The molecule has 2 heterocycles. The van der Waals surface area contributed by atoms with Crippen LogP contribution in [-0.2, 0) is 0 Å². The number of hydrazine groups is 1. The van der Waals surface area contributed by atoms with Crippen molar-refractivity contribution in [1.82, 2.24) is 19.9 Å². The van der Waals surface area contributed by atoms with Gasteiger partial charge in [-0.25, -0.2) is 5.84 Å². The molecule has 118 valence electrons. The van der Waals surface area contributed by atoms with Gasteiger partial charge in [0.15, 0.2) is 0 Å². The second-order valence-corrected chi connectivity index (χ2v) is 6.44. The highest BCUT2D eigenvalue weighted by atomic mass is 15.4. The van der Waals surface area contributed by atoms with E-state index in [0.29, 0.717) is 17.8 Å². The van der Waals surface area contributed by atoms with Crippen molar-refractivity contribution < 1.29 is 0 Å². The molecule has 0 amide bonds. The normalized spacial score (nSPS) is 17.0. The summed E-state index contributed by atoms with van der Waals surface area (Å²) in [6, 6.07) is 0. The van der Waals surface area contributed by atoms with Gasteiger partial charge in [-0.05, 0) is 20.8 Å². The number of nitrogens with two attached hydrogens (primary N) is 1. The Morgan fingerprint density at radius 3 is 2.14 bits per heavy atom. The van der Waals surface area contributed by atoms with E-state index in [9.17, 15) is 0 Å². The Kier molecular flexibility index (Phi) is 4.48. The average Bonchev–Trinajstić information content (AvgIpc) is 2.46. The van der Waals surface area contributed by atoms with Gasteiger partial charge < -0.3 is 9.80 Å². The van der Waals surface area contributed by atoms with Gasteiger partial charge in [0.25, 0.3) is 0 Å². The molecule has 0 atom stereocenters. The summed E-state index contributed by atoms with van der Waals surface area (Å²) in [7, 11) is 3.80. The summed E-state index contributed by atoms with van der Waals surface area (Å²) in [5.41, 5.74) is 2.71. The topological polar surface area (TPSA) is 86.4 Å². The molecular weight excluding hydrogens is 268 g/mol. The lowest BCUT2D eigenvalue weighted by Crippen LogP contribution is -2.53. The lowest BCUT2D eigenvalue weighted by molar-refractivity contribution is 0.128. The molecule has 2 rings (SSSR count). The summed E-state index contributed by atoms with van der Waals surface area (Å²) in [5.74, 6) is 7.12. The molecule has 1 aliphatic rings. The van der Waals surface area contributed by atoms with E-state index >= 15 is 0 Å². The molecule has 21 heavy (non-hydrogen) atoms. The highest BCUT2D eigenvalue weighted by molar-refractivity contribution is 5.44. The van der Waals surface area contributed by atoms with E-state index in [1.807, 2.05) is 19.0 Å². The van der Waals surface area contributed by atoms with E-state index < -0.39 is 0 Å². The summed E-state index contributed by atoms with van der Waals surface area (Å²) in [6.45, 7) is 10.5. The fourth-order valence-corrected chi connectivity index (χ4v) is 2.34. The number of rotatable bonds is 3. The van der Waals surface area contributed by atoms with Crippen LogP contribution in [0, 0.1) is 0 Å². The molecule has 8 nitrogen and oxygen atoms in total. The van der Waals surface area contributed by atoms with Crippen molar-refractivity contribution in [2.24, 2.45) is 5.84 Å². The fraction of sp³-hybridized carbons (Fsp3) is 0.769. The molecule has 0 unspecified atom stereocenters. The minimum atomic E-state index is 0.198. The smallest absolute Gasteiger partial charge is 0.243 e. The molecule has 3 N–H and O–H groups in total. The largest absolute Gasteiger partial charge is 0.347 e. The minimum Gasteiger partial charge on any atom is -0.347 e. The van der Waals surface area contributed by atoms with Crippen molar-refractivity contribution in [3.8, 4) is 0 Å². The molecule has 0 bridgehead atoms. The Morgan fingerprint density at radius 1 is 1.05 bits per heavy atom. The molecule has 0 spiro atoms. The van der Waals surface area contributed by atoms with Crippen molar-refractivity contribution in [2.45, 2.75) is 26.3 Å². The van der Waals surface area contributed by atoms with Gasteiger partial charge in [-0.2, -0.15) is 15.0 Å². The van der Waals surface area contributed by atoms with E-state index in [1.165, 1.54) is 0 Å². The van der Waals surface area contributed by atoms with Crippen LogP contribution in [0.5, 0.6) is 0 Å². The van der Waals surface area contributed by atoms with Gasteiger partial charge in [0, 0.05) is 45.8 Å². The minimum absolute atomic E-state index is 0.198. The molecular formula is C13H26N8. The molecule has 0 aliphatic carbocycles. The van der Waals surface area contributed by atoms with Crippen molar-refractivity contribution in [3.63, 3.8) is 0 Å². The van der Waals surface area contributed by atoms with Crippen LogP contribution in [0.1, 0.15) is 20.8 Å². The van der Waals surface area contributed by atoms with Gasteiger partial charge >= 0.3 is 0 Å². The van der Waals surface area contributed by atoms with E-state index in [0.717, 1.165) is 26.2 Å². The summed E-state index contributed by atoms with van der Waals surface area (Å²) in [4.78, 5) is 19.6. The first-order valence-electron chi connectivity index (χ1n) is 7.21. The second kappa shape index (κ2) is 5.98. The zero-order valence-corrected chi connectivity index (χ0v) is 13.6. The highest BCUT2D eigenvalue weighted by Crippen LogP contribution is 2.20. The highest BCUT2D eigenvalue weighted by Gasteiger charge is 2.27. The monoisotopic (exact) mass is 294 g/mol. The molecule has 1 aromatic rings. The van der Waals surface area contributed by atoms with Crippen LogP contribution >= 0.6 is 0 Å². The van der Waals surface area contributed by atoms with Crippen LogP contribution in [0.15, 0.2) is 0 Å². The molecule has 1 aliphatic heterocycles. The lowest BCUT2D eigenvalue weighted by Gasteiger charge is -2.42. The number of aromatic nitrogens is 3. The van der Waals surface area contributed by atoms with Crippen LogP contribution in [0.4, 0.5) is 17.8 Å². The SMILES string of the molecule is CN(C)c1nc(NN)nc(N2CCN(C(C)(C)C)CC2)n1. The first-order chi connectivity index (χ1) is 9.81. The molecule has 8 heteroatoms. The molecule has 1 fully saturated rings. The van der Waals surface area contributed by atoms with Gasteiger partial charge in [0.2, 0.25) is 17.8 Å². The molecule has 1 aromatic heterocycles. The number of hydrogen-bond donors (Lipinski definition) is 2. The van der Waals surface area contributed by atoms with Crippen molar-refractivity contribution in [3.05, 3.63) is 0 Å². The molecule has 1 saturated heterocycles. The molecule has 0 radical (unpaired) electrons. The first-order valence-corrected chi connectivity index (χ1v) is 7.21. The Hall–Kier alpha value is -1.67. The van der Waals surface area contributed by atoms with Crippen molar-refractivity contribution in [2.75, 3.05) is 55.5 Å². The van der Waals surface area contributed by atoms with Gasteiger partial charge in [0.05, 0.1) is 0 Å². The van der Waals surface area contributed by atoms with Crippen molar-refractivity contribution in [1.29, 1.82) is 0 Å². The third-order valence-corrected chi connectivity index (χ3v) is 3.65. The number of nitrogens with zero attached hydrogens (tertiary/aromatic N) is 6. The second-order valence-electron chi connectivity index (χ2n) is 6.44. The van der Waals surface area contributed by atoms with Crippen molar-refractivity contribution >= 4 is 17.8 Å². The van der Waals surface area contributed by atoms with Gasteiger partial charge in [0.1, 0.15) is 0 Å². The third-order valence-electron chi connectivity index (χ3n) is 3.65. The number of nitrogens with one attached hydrogen (secondary N) is 1. The van der Waals surface area contributed by atoms with Crippen LogP contribution in [0.2, 0.25) is 0 Å². The summed E-state index contributed by atoms with van der Waals surface area (Å²) in [5, 5.41) is 0. The Morgan fingerprint density at radius 2 is 1.67 bits per heavy atom. The maximum absolute atomic E-state index is 5.45. The quantitative estimate of drug-likeness (QED) is 0.601. The maximum Gasteiger partial charge on any atom is 0.243 e. The van der Waals surface area contributed by atoms with Gasteiger partial charge in [-0.15, -0.1) is 0 Å². The predicted octanol–water partition coefficient (Wildman–Crippen LogP) is 0.144. The Bertz CT molecular complexity index is 474. The van der Waals surface area contributed by atoms with Crippen LogP contribution in [0.25, 0.3) is 0 Å². The number of anilines is 3. The maximum atomic E-state index is 5.45. The fourth-order valence-electron chi connectivity index (χ4n) is 2.34. The van der Waals surface area contributed by atoms with E-state index in [1.54, 1.807) is 0 Å². The van der Waals surface area contributed by atoms with Gasteiger partial charge in [-0.3, -0.25) is 10.3 Å².